The van der Waals surface area contributed by atoms with E-state index in [1.807, 2.05) is 0 Å². The molecule has 0 heterocycles. The number of primary amides is 1. The number of benzene rings is 2. The van der Waals surface area contributed by atoms with Crippen LogP contribution in [0.25, 0.3) is 0 Å². The average Bonchev–Trinajstić information content (AvgIpc) is 2.64. The Hall–Kier alpha value is -2.19. The van der Waals surface area contributed by atoms with Gasteiger partial charge in [-0.2, -0.15) is 0 Å². The Morgan fingerprint density at radius 2 is 1.71 bits per heavy atom. The Balaban J connectivity index is 2.12. The summed E-state index contributed by atoms with van der Waals surface area (Å²) in [6.07, 6.45) is -1.37. The maximum atomic E-state index is 14.7. The first-order valence-corrected chi connectivity index (χ1v) is 10.4. The summed E-state index contributed by atoms with van der Waals surface area (Å²) in [6, 6.07) is 8.28. The summed E-state index contributed by atoms with van der Waals surface area (Å²) in [5.74, 6) is -1.55. The third kappa shape index (κ3) is 3.71. The summed E-state index contributed by atoms with van der Waals surface area (Å²) in [6.45, 7) is 0. The molecule has 0 aromatic heterocycles. The number of sulfone groups is 1. The molecular formula is C19H18ClF2NO4S. The Bertz CT molecular complexity index is 987. The molecule has 1 amide bonds. The third-order valence-electron chi connectivity index (χ3n) is 5.08. The minimum Gasteiger partial charge on any atom is -0.446 e. The lowest BCUT2D eigenvalue weighted by Gasteiger charge is -2.39. The van der Waals surface area contributed by atoms with Crippen molar-refractivity contribution in [3.63, 3.8) is 0 Å². The molecule has 0 radical (unpaired) electrons. The molecule has 1 aliphatic carbocycles. The summed E-state index contributed by atoms with van der Waals surface area (Å²) in [5.41, 5.74) is 4.80. The van der Waals surface area contributed by atoms with Crippen molar-refractivity contribution in [1.82, 2.24) is 0 Å². The van der Waals surface area contributed by atoms with Crippen molar-refractivity contribution in [1.29, 1.82) is 0 Å². The van der Waals surface area contributed by atoms with Crippen molar-refractivity contribution in [2.45, 2.75) is 41.4 Å². The highest BCUT2D eigenvalue weighted by Crippen LogP contribution is 2.48. The van der Waals surface area contributed by atoms with Crippen LogP contribution in [0.15, 0.2) is 47.4 Å². The number of hydrogen-bond donors (Lipinski definition) is 1. The molecular weight excluding hydrogens is 412 g/mol. The monoisotopic (exact) mass is 429 g/mol. The van der Waals surface area contributed by atoms with Crippen LogP contribution >= 0.6 is 11.6 Å². The molecule has 1 fully saturated rings. The van der Waals surface area contributed by atoms with Gasteiger partial charge in [-0.3, -0.25) is 0 Å². The highest BCUT2D eigenvalue weighted by molar-refractivity contribution is 7.92. The van der Waals surface area contributed by atoms with Crippen LogP contribution in [0.5, 0.6) is 0 Å². The summed E-state index contributed by atoms with van der Waals surface area (Å²) < 4.78 is 58.9. The maximum Gasteiger partial charge on any atom is 0.404 e. The zero-order valence-electron chi connectivity index (χ0n) is 14.7. The molecule has 0 unspecified atom stereocenters. The number of carbonyl (C=O) groups excluding carboxylic acids is 1. The number of carbonyl (C=O) groups is 1. The van der Waals surface area contributed by atoms with Crippen molar-refractivity contribution in [2.24, 2.45) is 5.73 Å². The van der Waals surface area contributed by atoms with Gasteiger partial charge >= 0.3 is 6.09 Å². The first-order valence-electron chi connectivity index (χ1n) is 8.57. The van der Waals surface area contributed by atoms with Gasteiger partial charge in [-0.25, -0.2) is 22.0 Å². The molecule has 9 heteroatoms. The zero-order valence-corrected chi connectivity index (χ0v) is 16.3. The first kappa shape index (κ1) is 20.5. The van der Waals surface area contributed by atoms with Gasteiger partial charge in [0.15, 0.2) is 9.84 Å². The van der Waals surface area contributed by atoms with Gasteiger partial charge < -0.3 is 10.5 Å². The fraction of sp³-hybridized carbons (Fsp3) is 0.316. The van der Waals surface area contributed by atoms with Crippen LogP contribution in [0.2, 0.25) is 5.02 Å². The first-order chi connectivity index (χ1) is 13.2. The Morgan fingerprint density at radius 3 is 2.29 bits per heavy atom. The van der Waals surface area contributed by atoms with E-state index in [0.29, 0.717) is 5.02 Å². The van der Waals surface area contributed by atoms with Crippen LogP contribution in [0.1, 0.15) is 31.2 Å². The van der Waals surface area contributed by atoms with Gasteiger partial charge in [0.25, 0.3) is 0 Å². The molecule has 5 nitrogen and oxygen atoms in total. The summed E-state index contributed by atoms with van der Waals surface area (Å²) >= 11 is 5.85. The number of ether oxygens (including phenoxy) is 1. The standard InChI is InChI=1S/C19H18ClF2NO4S/c20-12-1-4-15(5-2-12)28(25,26)19(16-11-13(21)3-6-17(16)22)9-7-14(8-10-19)27-18(23)24/h1-6,11,14H,7-10H2,(H2,23,24)/t14-,19+. The fourth-order valence-electron chi connectivity index (χ4n) is 3.71. The van der Waals surface area contributed by atoms with E-state index in [4.69, 9.17) is 22.1 Å². The van der Waals surface area contributed by atoms with Gasteiger partial charge in [-0.1, -0.05) is 11.6 Å². The van der Waals surface area contributed by atoms with Gasteiger partial charge in [0.05, 0.1) is 4.90 Å². The molecule has 0 saturated heterocycles. The normalized spacial score (nSPS) is 22.6. The molecule has 1 saturated carbocycles. The molecule has 150 valence electrons. The van der Waals surface area contributed by atoms with Gasteiger partial charge in [0, 0.05) is 10.6 Å². The highest BCUT2D eigenvalue weighted by atomic mass is 35.5. The summed E-state index contributed by atoms with van der Waals surface area (Å²) in [5, 5.41) is 0.350. The molecule has 3 rings (SSSR count). The highest BCUT2D eigenvalue weighted by Gasteiger charge is 2.50. The number of nitrogens with two attached hydrogens (primary N) is 1. The molecule has 0 aliphatic heterocycles. The minimum absolute atomic E-state index is 0.0465. The number of hydrogen-bond acceptors (Lipinski definition) is 4. The Kier molecular flexibility index (Phi) is 5.63. The molecule has 0 atom stereocenters. The topological polar surface area (TPSA) is 86.5 Å². The predicted octanol–water partition coefficient (Wildman–Crippen LogP) is 4.33. The van der Waals surface area contributed by atoms with Gasteiger partial charge in [-0.05, 0) is 68.1 Å². The fourth-order valence-corrected chi connectivity index (χ4v) is 6.00. The van der Waals surface area contributed by atoms with E-state index in [2.05, 4.69) is 0 Å². The van der Waals surface area contributed by atoms with E-state index < -0.39 is 38.4 Å². The van der Waals surface area contributed by atoms with Crippen molar-refractivity contribution in [3.8, 4) is 0 Å². The lowest BCUT2D eigenvalue weighted by molar-refractivity contribution is 0.0739. The molecule has 0 bridgehead atoms. The SMILES string of the molecule is NC(=O)O[C@H]1CC[C@@](c2cc(F)ccc2F)(S(=O)(=O)c2ccc(Cl)cc2)CC1. The second-order valence-corrected chi connectivity index (χ2v) is 9.41. The van der Waals surface area contributed by atoms with E-state index in [1.165, 1.54) is 24.3 Å². The summed E-state index contributed by atoms with van der Waals surface area (Å²) in [7, 11) is -4.12. The van der Waals surface area contributed by atoms with Crippen LogP contribution in [-0.2, 0) is 19.3 Å². The maximum absolute atomic E-state index is 14.7. The molecule has 2 aromatic carbocycles. The molecule has 1 aliphatic rings. The van der Waals surface area contributed by atoms with Crippen molar-refractivity contribution >= 4 is 27.5 Å². The van der Waals surface area contributed by atoms with E-state index >= 15 is 0 Å². The average molecular weight is 430 g/mol. The molecule has 28 heavy (non-hydrogen) atoms. The van der Waals surface area contributed by atoms with Crippen LogP contribution < -0.4 is 5.73 Å². The largest absolute Gasteiger partial charge is 0.446 e. The minimum atomic E-state index is -4.12. The van der Waals surface area contributed by atoms with E-state index in [0.717, 1.165) is 18.2 Å². The third-order valence-corrected chi connectivity index (χ3v) is 7.88. The summed E-state index contributed by atoms with van der Waals surface area (Å²) in [4.78, 5) is 11.0. The lowest BCUT2D eigenvalue weighted by atomic mass is 9.81. The number of rotatable bonds is 4. The van der Waals surface area contributed by atoms with Gasteiger partial charge in [0.2, 0.25) is 0 Å². The number of halogens is 3. The molecule has 0 spiro atoms. The second-order valence-electron chi connectivity index (χ2n) is 6.71. The van der Waals surface area contributed by atoms with Gasteiger partial charge in [-0.15, -0.1) is 0 Å². The lowest BCUT2D eigenvalue weighted by Crippen LogP contribution is -2.43. The predicted molar refractivity (Wildman–Crippen MR) is 99.6 cm³/mol. The smallest absolute Gasteiger partial charge is 0.404 e. The van der Waals surface area contributed by atoms with E-state index in [-0.39, 0.29) is 36.1 Å². The van der Waals surface area contributed by atoms with Crippen LogP contribution in [-0.4, -0.2) is 20.6 Å². The van der Waals surface area contributed by atoms with Crippen molar-refractivity contribution in [2.75, 3.05) is 0 Å². The van der Waals surface area contributed by atoms with E-state index in [1.54, 1.807) is 0 Å². The molecule has 2 aromatic rings. The van der Waals surface area contributed by atoms with Crippen molar-refractivity contribution < 1.29 is 26.7 Å². The Labute approximate surface area is 166 Å². The molecule has 2 N–H and O–H groups in total. The number of amides is 1. The zero-order chi connectivity index (χ0) is 20.5. The van der Waals surface area contributed by atoms with Gasteiger partial charge in [0.1, 0.15) is 22.5 Å². The quantitative estimate of drug-likeness (QED) is 0.783. The van der Waals surface area contributed by atoms with Crippen molar-refractivity contribution in [3.05, 3.63) is 64.7 Å². The van der Waals surface area contributed by atoms with Crippen LogP contribution in [0.3, 0.4) is 0 Å². The van der Waals surface area contributed by atoms with Crippen LogP contribution in [0, 0.1) is 11.6 Å². The second kappa shape index (κ2) is 7.67. The Morgan fingerprint density at radius 1 is 1.11 bits per heavy atom. The van der Waals surface area contributed by atoms with E-state index in [9.17, 15) is 22.0 Å². The van der Waals surface area contributed by atoms with Crippen LogP contribution in [0.4, 0.5) is 13.6 Å².